The fourth-order valence-electron chi connectivity index (χ4n) is 1.37. The van der Waals surface area contributed by atoms with Crippen LogP contribution in [0.2, 0.25) is 0 Å². The molecule has 0 saturated heterocycles. The van der Waals surface area contributed by atoms with E-state index < -0.39 is 24.5 Å². The maximum atomic E-state index is 11.5. The Bertz CT molecular complexity index is 563. The molecule has 1 aromatic rings. The van der Waals surface area contributed by atoms with Crippen molar-refractivity contribution in [3.8, 4) is 6.07 Å². The van der Waals surface area contributed by atoms with Gasteiger partial charge in [-0.05, 0) is 17.7 Å². The molecule has 110 valence electrons. The molecule has 0 aliphatic heterocycles. The Labute approximate surface area is 120 Å². The first kappa shape index (κ1) is 16.0. The lowest BCUT2D eigenvalue weighted by atomic mass is 10.1. The first-order chi connectivity index (χ1) is 10.0. The number of hydrogen-bond acceptors (Lipinski definition) is 4. The molecule has 0 heterocycles. The number of nitrogens with zero attached hydrogens (tertiary/aromatic N) is 1. The Morgan fingerprint density at radius 2 is 1.76 bits per heavy atom. The number of carboxylic acids is 1. The van der Waals surface area contributed by atoms with Gasteiger partial charge in [-0.3, -0.25) is 9.59 Å². The third-order valence-electron chi connectivity index (χ3n) is 2.34. The minimum atomic E-state index is -1.16. The summed E-state index contributed by atoms with van der Waals surface area (Å²) in [5.74, 6) is -1.76. The van der Waals surface area contributed by atoms with Gasteiger partial charge in [0.25, 0.3) is 0 Å². The van der Waals surface area contributed by atoms with Gasteiger partial charge in [0.15, 0.2) is 0 Å². The predicted octanol–water partition coefficient (Wildman–Crippen LogP) is 0.0750. The maximum absolute atomic E-state index is 11.5. The zero-order chi connectivity index (χ0) is 15.7. The zero-order valence-corrected chi connectivity index (χ0v) is 11.0. The van der Waals surface area contributed by atoms with Crippen molar-refractivity contribution >= 4 is 23.6 Å². The van der Waals surface area contributed by atoms with Crippen LogP contribution in [-0.2, 0) is 16.0 Å². The number of benzene rings is 1. The highest BCUT2D eigenvalue weighted by atomic mass is 16.4. The van der Waals surface area contributed by atoms with Crippen molar-refractivity contribution < 1.29 is 19.5 Å². The maximum Gasteiger partial charge on any atom is 0.322 e. The molecule has 0 spiro atoms. The molecule has 0 saturated carbocycles. The van der Waals surface area contributed by atoms with E-state index in [0.29, 0.717) is 5.69 Å². The Hall–Kier alpha value is -3.08. The number of carbonyl (C=O) groups excluding carboxylic acids is 2. The Kier molecular flexibility index (Phi) is 6.21. The van der Waals surface area contributed by atoms with Crippen molar-refractivity contribution in [1.82, 2.24) is 10.6 Å². The van der Waals surface area contributed by atoms with E-state index in [1.165, 1.54) is 0 Å². The molecule has 0 radical (unpaired) electrons. The first-order valence-electron chi connectivity index (χ1n) is 6.00. The number of nitriles is 1. The van der Waals surface area contributed by atoms with E-state index >= 15 is 0 Å². The van der Waals surface area contributed by atoms with Crippen LogP contribution in [-0.4, -0.2) is 36.1 Å². The summed E-state index contributed by atoms with van der Waals surface area (Å²) in [6, 6.07) is 8.11. The van der Waals surface area contributed by atoms with Gasteiger partial charge < -0.3 is 21.1 Å². The third kappa shape index (κ3) is 6.58. The van der Waals surface area contributed by atoms with Crippen molar-refractivity contribution in [3.63, 3.8) is 0 Å². The van der Waals surface area contributed by atoms with Crippen molar-refractivity contribution in [3.05, 3.63) is 29.8 Å². The summed E-state index contributed by atoms with van der Waals surface area (Å²) in [5, 5.41) is 23.8. The highest BCUT2D eigenvalue weighted by Gasteiger charge is 2.06. The lowest BCUT2D eigenvalue weighted by molar-refractivity contribution is -0.137. The molecular weight excluding hydrogens is 276 g/mol. The number of hydrogen-bond donors (Lipinski definition) is 4. The average Bonchev–Trinajstić information content (AvgIpc) is 2.45. The minimum absolute atomic E-state index is 0.288. The molecule has 3 amide bonds. The molecule has 0 aliphatic carbocycles. The van der Waals surface area contributed by atoms with Crippen LogP contribution in [0, 0.1) is 11.3 Å². The summed E-state index contributed by atoms with van der Waals surface area (Å²) in [6.07, 6.45) is 0.288. The van der Waals surface area contributed by atoms with Crippen LogP contribution in [0.3, 0.4) is 0 Å². The molecule has 0 bridgehead atoms. The average molecular weight is 290 g/mol. The Morgan fingerprint density at radius 1 is 1.10 bits per heavy atom. The summed E-state index contributed by atoms with van der Waals surface area (Å²) in [6.45, 7) is -0.825. The highest BCUT2D eigenvalue weighted by molar-refractivity contribution is 5.92. The number of amides is 3. The SMILES string of the molecule is N#CCc1ccc(NC(=O)NCC(=O)NCC(=O)O)cc1. The number of aliphatic carboxylic acids is 1. The van der Waals surface area contributed by atoms with E-state index in [0.717, 1.165) is 5.56 Å². The van der Waals surface area contributed by atoms with Crippen LogP contribution in [0.5, 0.6) is 0 Å². The summed E-state index contributed by atoms with van der Waals surface area (Å²) in [5.41, 5.74) is 1.34. The van der Waals surface area contributed by atoms with E-state index in [1.54, 1.807) is 24.3 Å². The lowest BCUT2D eigenvalue weighted by Gasteiger charge is -2.08. The van der Waals surface area contributed by atoms with Gasteiger partial charge in [0, 0.05) is 5.69 Å². The van der Waals surface area contributed by atoms with E-state index in [1.807, 2.05) is 6.07 Å². The van der Waals surface area contributed by atoms with Crippen molar-refractivity contribution in [2.45, 2.75) is 6.42 Å². The van der Waals surface area contributed by atoms with Gasteiger partial charge in [-0.25, -0.2) is 4.79 Å². The Balaban J connectivity index is 2.35. The van der Waals surface area contributed by atoms with Crippen molar-refractivity contribution in [2.75, 3.05) is 18.4 Å². The predicted molar refractivity (Wildman–Crippen MR) is 73.4 cm³/mol. The van der Waals surface area contributed by atoms with Crippen LogP contribution in [0.25, 0.3) is 0 Å². The number of carbonyl (C=O) groups is 3. The Morgan fingerprint density at radius 3 is 2.33 bits per heavy atom. The van der Waals surface area contributed by atoms with Crippen LogP contribution in [0.15, 0.2) is 24.3 Å². The number of urea groups is 1. The van der Waals surface area contributed by atoms with Gasteiger partial charge in [-0.1, -0.05) is 12.1 Å². The monoisotopic (exact) mass is 290 g/mol. The molecule has 1 rings (SSSR count). The first-order valence-corrected chi connectivity index (χ1v) is 6.00. The largest absolute Gasteiger partial charge is 0.480 e. The van der Waals surface area contributed by atoms with Crippen molar-refractivity contribution in [2.24, 2.45) is 0 Å². The molecule has 8 heteroatoms. The molecule has 8 nitrogen and oxygen atoms in total. The quantitative estimate of drug-likeness (QED) is 0.589. The minimum Gasteiger partial charge on any atom is -0.480 e. The second-order valence-electron chi connectivity index (χ2n) is 4.01. The smallest absolute Gasteiger partial charge is 0.322 e. The van der Waals surface area contributed by atoms with E-state index in [4.69, 9.17) is 10.4 Å². The molecule has 21 heavy (non-hydrogen) atoms. The fourth-order valence-corrected chi connectivity index (χ4v) is 1.37. The third-order valence-corrected chi connectivity index (χ3v) is 2.34. The second-order valence-corrected chi connectivity index (χ2v) is 4.01. The summed E-state index contributed by atoms with van der Waals surface area (Å²) in [4.78, 5) is 32.9. The van der Waals surface area contributed by atoms with Crippen LogP contribution < -0.4 is 16.0 Å². The summed E-state index contributed by atoms with van der Waals surface area (Å²) >= 11 is 0. The summed E-state index contributed by atoms with van der Waals surface area (Å²) in [7, 11) is 0. The number of nitrogens with one attached hydrogen (secondary N) is 3. The number of rotatable bonds is 6. The van der Waals surface area contributed by atoms with E-state index in [9.17, 15) is 14.4 Å². The van der Waals surface area contributed by atoms with Crippen LogP contribution in [0.1, 0.15) is 5.56 Å². The molecule has 0 aliphatic rings. The highest BCUT2D eigenvalue weighted by Crippen LogP contribution is 2.09. The van der Waals surface area contributed by atoms with Gasteiger partial charge in [0.1, 0.15) is 6.54 Å². The number of carboxylic acid groups (broad SMARTS) is 1. The van der Waals surface area contributed by atoms with E-state index in [-0.39, 0.29) is 13.0 Å². The van der Waals surface area contributed by atoms with Gasteiger partial charge in [0.2, 0.25) is 5.91 Å². The fraction of sp³-hybridized carbons (Fsp3) is 0.231. The van der Waals surface area contributed by atoms with E-state index in [2.05, 4.69) is 16.0 Å². The van der Waals surface area contributed by atoms with Crippen LogP contribution >= 0.6 is 0 Å². The molecule has 1 aromatic carbocycles. The summed E-state index contributed by atoms with van der Waals surface area (Å²) < 4.78 is 0. The van der Waals surface area contributed by atoms with Gasteiger partial charge in [0.05, 0.1) is 19.0 Å². The molecule has 4 N–H and O–H groups in total. The van der Waals surface area contributed by atoms with Gasteiger partial charge in [-0.15, -0.1) is 0 Å². The zero-order valence-electron chi connectivity index (χ0n) is 11.0. The second kappa shape index (κ2) is 8.16. The number of anilines is 1. The van der Waals surface area contributed by atoms with Crippen molar-refractivity contribution in [1.29, 1.82) is 5.26 Å². The topological polar surface area (TPSA) is 131 Å². The molecule has 0 fully saturated rings. The molecule has 0 unspecified atom stereocenters. The normalized spacial score (nSPS) is 9.29. The molecular formula is C13H14N4O4. The molecule has 0 atom stereocenters. The lowest BCUT2D eigenvalue weighted by Crippen LogP contribution is -2.40. The standard InChI is InChI=1S/C13H14N4O4/c14-6-5-9-1-3-10(4-2-9)17-13(21)16-7-11(18)15-8-12(19)20/h1-4H,5,7-8H2,(H,15,18)(H,19,20)(H2,16,17,21). The molecule has 0 aromatic heterocycles. The van der Waals surface area contributed by atoms with Gasteiger partial charge >= 0.3 is 12.0 Å². The van der Waals surface area contributed by atoms with Crippen LogP contribution in [0.4, 0.5) is 10.5 Å². The van der Waals surface area contributed by atoms with Gasteiger partial charge in [-0.2, -0.15) is 5.26 Å².